The summed E-state index contributed by atoms with van der Waals surface area (Å²) >= 11 is 0. The molecule has 3 aromatic carbocycles. The second kappa shape index (κ2) is 13.9. The molecular weight excluding hydrogens is 803 g/mol. The van der Waals surface area contributed by atoms with E-state index in [1.807, 2.05) is 0 Å². The third kappa shape index (κ3) is 6.29. The Morgan fingerprint density at radius 2 is 0.678 bits per heavy atom. The summed E-state index contributed by atoms with van der Waals surface area (Å²) in [6.07, 6.45) is 9.57. The predicted molar refractivity (Wildman–Crippen MR) is 195 cm³/mol. The van der Waals surface area contributed by atoms with Crippen LogP contribution in [0.15, 0.2) is 164 Å². The van der Waals surface area contributed by atoms with E-state index < -0.39 is 98.2 Å². The van der Waals surface area contributed by atoms with Gasteiger partial charge < -0.3 is 14.7 Å². The second-order valence-corrected chi connectivity index (χ2v) is 14.3. The van der Waals surface area contributed by atoms with Gasteiger partial charge in [0, 0.05) is 11.1 Å². The van der Waals surface area contributed by atoms with Crippen LogP contribution in [0.25, 0.3) is 0 Å². The fraction of sp³-hybridized carbons (Fsp3) is 0.209. The Balaban J connectivity index is 1.53. The highest BCUT2D eigenvalue weighted by atomic mass is 19.3. The van der Waals surface area contributed by atoms with Crippen LogP contribution in [0.3, 0.4) is 0 Å². The first-order chi connectivity index (χ1) is 27.5. The van der Waals surface area contributed by atoms with Crippen LogP contribution in [0.5, 0.6) is 0 Å². The van der Waals surface area contributed by atoms with Crippen molar-refractivity contribution in [2.24, 2.45) is 0 Å². The van der Waals surface area contributed by atoms with Gasteiger partial charge in [0.25, 0.3) is 0 Å². The Morgan fingerprint density at radius 1 is 0.373 bits per heavy atom. The molecule has 2 N–H and O–H groups in total. The second-order valence-electron chi connectivity index (χ2n) is 14.3. The molecule has 0 bridgehead atoms. The van der Waals surface area contributed by atoms with Gasteiger partial charge in [0.2, 0.25) is 22.7 Å². The lowest BCUT2D eigenvalue weighted by Gasteiger charge is -2.41. The zero-order valence-corrected chi connectivity index (χ0v) is 30.0. The summed E-state index contributed by atoms with van der Waals surface area (Å²) in [7, 11) is -2.90. The van der Waals surface area contributed by atoms with Gasteiger partial charge in [-0.15, -0.1) is 0 Å². The van der Waals surface area contributed by atoms with Crippen molar-refractivity contribution in [2.75, 3.05) is 0 Å². The number of hydrogen-bond acceptors (Lipinski definition) is 3. The van der Waals surface area contributed by atoms with E-state index >= 15 is 35.1 Å². The molecule has 0 aromatic heterocycles. The maximum atomic E-state index is 17.2. The minimum Gasteiger partial charge on any atom is -0.402 e. The van der Waals surface area contributed by atoms with Gasteiger partial charge in [-0.3, -0.25) is 0 Å². The highest BCUT2D eigenvalue weighted by molar-refractivity contribution is 6.33. The van der Waals surface area contributed by atoms with E-state index in [2.05, 4.69) is 0 Å². The van der Waals surface area contributed by atoms with Gasteiger partial charge in [0.05, 0.1) is 0 Å². The number of benzene rings is 3. The summed E-state index contributed by atoms with van der Waals surface area (Å²) in [4.78, 5) is 0. The van der Waals surface area contributed by atoms with E-state index in [1.54, 1.807) is 0 Å². The van der Waals surface area contributed by atoms with Gasteiger partial charge >= 0.3 is 31.0 Å². The maximum absolute atomic E-state index is 17.2. The Hall–Kier alpha value is -5.32. The van der Waals surface area contributed by atoms with Crippen LogP contribution in [0.4, 0.5) is 52.7 Å². The number of alkyl halides is 12. The van der Waals surface area contributed by atoms with Gasteiger partial charge in [-0.1, -0.05) is 109 Å². The lowest BCUT2D eigenvalue weighted by Crippen LogP contribution is -2.46. The summed E-state index contributed by atoms with van der Waals surface area (Å²) in [5.74, 6) is -17.2. The first kappa shape index (κ1) is 41.8. The van der Waals surface area contributed by atoms with Crippen molar-refractivity contribution in [3.8, 4) is 0 Å². The quantitative estimate of drug-likeness (QED) is 0.128. The molecule has 4 unspecified atom stereocenters. The Labute approximate surface area is 329 Å². The Bertz CT molecular complexity index is 2290. The van der Waals surface area contributed by atoms with Crippen LogP contribution in [0, 0.1) is 0 Å². The zero-order valence-electron chi connectivity index (χ0n) is 30.0. The van der Waals surface area contributed by atoms with Crippen molar-refractivity contribution in [3.05, 3.63) is 203 Å². The fourth-order valence-corrected chi connectivity index (χ4v) is 7.64. The molecule has 0 aliphatic heterocycles. The molecule has 0 radical (unpaired) electrons. The van der Waals surface area contributed by atoms with Crippen molar-refractivity contribution in [2.45, 2.75) is 52.0 Å². The average Bonchev–Trinajstić information content (AvgIpc) is 3.18. The molecule has 4 aliphatic rings. The van der Waals surface area contributed by atoms with E-state index in [0.717, 1.165) is 103 Å². The molecule has 0 fully saturated rings. The third-order valence-electron chi connectivity index (χ3n) is 10.8. The first-order valence-electron chi connectivity index (χ1n) is 17.7. The molecule has 3 nitrogen and oxygen atoms in total. The zero-order chi connectivity index (χ0) is 42.9. The molecule has 3 aromatic rings. The van der Waals surface area contributed by atoms with Crippen LogP contribution in [0.2, 0.25) is 0 Å². The summed E-state index contributed by atoms with van der Waals surface area (Å²) in [5, 5.41) is 20.8. The third-order valence-corrected chi connectivity index (χ3v) is 10.8. The highest BCUT2D eigenvalue weighted by Crippen LogP contribution is 2.56. The smallest absolute Gasteiger partial charge is 0.402 e. The first-order valence-corrected chi connectivity index (χ1v) is 17.7. The van der Waals surface area contributed by atoms with Crippen molar-refractivity contribution in [1.29, 1.82) is 0 Å². The molecule has 0 amide bonds. The molecule has 59 heavy (non-hydrogen) atoms. The van der Waals surface area contributed by atoms with Crippen LogP contribution in [-0.2, 0) is 32.9 Å². The minimum absolute atomic E-state index is 0.0940. The molecule has 16 heteroatoms. The lowest BCUT2D eigenvalue weighted by molar-refractivity contribution is -0.0920. The largest absolute Gasteiger partial charge is 0.635 e. The summed E-state index contributed by atoms with van der Waals surface area (Å²) < 4.78 is 194. The minimum atomic E-state index is -4.55. The number of hydrogen-bond donors (Lipinski definition) is 2. The fourth-order valence-electron chi connectivity index (χ4n) is 7.64. The van der Waals surface area contributed by atoms with Gasteiger partial charge in [-0.05, 0) is 82.5 Å². The van der Waals surface area contributed by atoms with E-state index in [9.17, 15) is 27.6 Å². The van der Waals surface area contributed by atoms with Crippen molar-refractivity contribution in [1.82, 2.24) is 0 Å². The number of allylic oxidation sites excluding steroid dienone is 16. The van der Waals surface area contributed by atoms with Gasteiger partial charge in [-0.2, -0.15) is 35.1 Å². The van der Waals surface area contributed by atoms with Gasteiger partial charge in [0.15, 0.2) is 0 Å². The van der Waals surface area contributed by atoms with Gasteiger partial charge in [0.1, 0.15) is 5.60 Å². The highest BCUT2D eigenvalue weighted by Gasteiger charge is 2.61. The molecule has 4 atom stereocenters. The molecular formula is C43H29BF12O3. The van der Waals surface area contributed by atoms with E-state index in [-0.39, 0.29) is 18.2 Å². The Morgan fingerprint density at radius 3 is 1.02 bits per heavy atom. The SMILES string of the molecule is OB(O)OC(c1ccc(C2(F)C=CC=CC2(F)F)cc1)(c1ccc(C2(F)C=CC=CC2(F)F)cc1)c1ccc(C2(F)C=CC=CC2(F)F)c(C2(F)C=CC=CC2(F)F)c1. The van der Waals surface area contributed by atoms with Gasteiger partial charge in [-0.25, -0.2) is 17.6 Å². The van der Waals surface area contributed by atoms with Crippen molar-refractivity contribution in [3.63, 3.8) is 0 Å². The molecule has 4 aliphatic carbocycles. The lowest BCUT2D eigenvalue weighted by atomic mass is 9.72. The average molecular weight is 832 g/mol. The van der Waals surface area contributed by atoms with Crippen molar-refractivity contribution >= 4 is 7.32 Å². The maximum Gasteiger partial charge on any atom is 0.635 e. The monoisotopic (exact) mass is 832 g/mol. The van der Waals surface area contributed by atoms with E-state index in [0.29, 0.717) is 42.5 Å². The van der Waals surface area contributed by atoms with Crippen LogP contribution in [-0.4, -0.2) is 41.1 Å². The topological polar surface area (TPSA) is 49.7 Å². The number of halogens is 12. The molecule has 0 spiro atoms. The Kier molecular flexibility index (Phi) is 9.84. The standard InChI is InChI=1S/C43H29BF12O3/c45-35(19-1-5-23-39(35,49)50)28-9-13-30(14-10-28)43(59-44(57)58,31-15-11-29(12-16-31)36(46)20-2-6-24-40(36,51)52)32-17-18-33(37(47)21-3-7-25-41(37,53)54)34(27-32)38(48)22-4-8-26-42(38,55)56/h1-27,57-58H. The molecule has 0 saturated carbocycles. The molecule has 0 saturated heterocycles. The predicted octanol–water partition coefficient (Wildman–Crippen LogP) is 10.7. The van der Waals surface area contributed by atoms with E-state index in [4.69, 9.17) is 4.65 Å². The summed E-state index contributed by atoms with van der Waals surface area (Å²) in [5.41, 5.74) is -23.3. The van der Waals surface area contributed by atoms with E-state index in [1.165, 1.54) is 0 Å². The summed E-state index contributed by atoms with van der Waals surface area (Å²) in [6.45, 7) is 0. The molecule has 306 valence electrons. The van der Waals surface area contributed by atoms with Crippen molar-refractivity contribution < 1.29 is 67.4 Å². The molecule has 7 rings (SSSR count). The van der Waals surface area contributed by atoms with Crippen LogP contribution < -0.4 is 0 Å². The van der Waals surface area contributed by atoms with Crippen LogP contribution >= 0.6 is 0 Å². The number of rotatable bonds is 9. The molecule has 0 heterocycles. The van der Waals surface area contributed by atoms with Crippen LogP contribution in [0.1, 0.15) is 38.9 Å². The normalized spacial score (nSPS) is 30.3. The summed E-state index contributed by atoms with van der Waals surface area (Å²) in [6, 6.07) is 8.78.